The van der Waals surface area contributed by atoms with Crippen molar-refractivity contribution in [2.75, 3.05) is 36.5 Å². The number of nitrogens with zero attached hydrogens (tertiary/aromatic N) is 4. The lowest BCUT2D eigenvalue weighted by Crippen LogP contribution is -2.37. The smallest absolute Gasteiger partial charge is 0.319 e. The molecule has 35 heavy (non-hydrogen) atoms. The van der Waals surface area contributed by atoms with Crippen LogP contribution in [0.5, 0.6) is 0 Å². The van der Waals surface area contributed by atoms with Crippen molar-refractivity contribution in [2.45, 2.75) is 31.7 Å². The van der Waals surface area contributed by atoms with E-state index in [0.29, 0.717) is 19.0 Å². The minimum Gasteiger partial charge on any atom is -0.378 e. The molecule has 1 saturated carbocycles. The van der Waals surface area contributed by atoms with Crippen molar-refractivity contribution >= 4 is 39.3 Å². The fraction of sp³-hybridized carbons (Fsp3) is 0.370. The first-order chi connectivity index (χ1) is 17.2. The lowest BCUT2D eigenvalue weighted by Gasteiger charge is -2.29. The summed E-state index contributed by atoms with van der Waals surface area (Å²) >= 11 is 0. The molecule has 8 heteroatoms. The van der Waals surface area contributed by atoms with Crippen LogP contribution in [0.15, 0.2) is 48.7 Å². The lowest BCUT2D eigenvalue weighted by atomic mass is 10.1. The minimum atomic E-state index is -0.146. The zero-order valence-electron chi connectivity index (χ0n) is 20.0. The first-order valence-electron chi connectivity index (χ1n) is 12.4. The molecule has 2 N–H and O–H groups in total. The zero-order chi connectivity index (χ0) is 23.8. The van der Waals surface area contributed by atoms with Gasteiger partial charge in [-0.15, -0.1) is 0 Å². The summed E-state index contributed by atoms with van der Waals surface area (Å²) in [5.41, 5.74) is 3.76. The summed E-state index contributed by atoms with van der Waals surface area (Å²) in [7, 11) is 2.05. The second-order valence-electron chi connectivity index (χ2n) is 9.45. The molecule has 8 nitrogen and oxygen atoms in total. The van der Waals surface area contributed by atoms with Crippen LogP contribution in [0.4, 0.5) is 16.3 Å². The van der Waals surface area contributed by atoms with Gasteiger partial charge in [-0.25, -0.2) is 14.8 Å². The molecular formula is C27H30N6O2. The minimum absolute atomic E-state index is 0.146. The third-order valence-corrected chi connectivity index (χ3v) is 7.11. The van der Waals surface area contributed by atoms with Crippen LogP contribution in [0.1, 0.15) is 25.7 Å². The Morgan fingerprint density at radius 3 is 2.51 bits per heavy atom. The average molecular weight is 471 g/mol. The van der Waals surface area contributed by atoms with E-state index >= 15 is 0 Å². The molecule has 4 aromatic rings. The molecule has 0 unspecified atom stereocenters. The van der Waals surface area contributed by atoms with Crippen LogP contribution < -0.4 is 15.5 Å². The molecular weight excluding hydrogens is 440 g/mol. The van der Waals surface area contributed by atoms with Crippen LogP contribution in [0.3, 0.4) is 0 Å². The summed E-state index contributed by atoms with van der Waals surface area (Å²) in [6.45, 7) is 2.99. The van der Waals surface area contributed by atoms with Gasteiger partial charge in [0, 0.05) is 59.9 Å². The Kier molecular flexibility index (Phi) is 5.74. The van der Waals surface area contributed by atoms with Gasteiger partial charge in [0.1, 0.15) is 5.82 Å². The molecule has 6 rings (SSSR count). The van der Waals surface area contributed by atoms with Gasteiger partial charge < -0.3 is 24.8 Å². The quantitative estimate of drug-likeness (QED) is 0.452. The monoisotopic (exact) mass is 470 g/mol. The van der Waals surface area contributed by atoms with Crippen LogP contribution in [-0.2, 0) is 11.8 Å². The van der Waals surface area contributed by atoms with E-state index in [0.717, 1.165) is 64.8 Å². The van der Waals surface area contributed by atoms with E-state index < -0.39 is 0 Å². The van der Waals surface area contributed by atoms with Crippen molar-refractivity contribution in [1.82, 2.24) is 19.9 Å². The molecule has 0 spiro atoms. The number of morpholine rings is 1. The molecule has 3 heterocycles. The predicted octanol–water partition coefficient (Wildman–Crippen LogP) is 4.69. The van der Waals surface area contributed by atoms with Crippen molar-refractivity contribution in [3.05, 3.63) is 48.7 Å². The highest BCUT2D eigenvalue weighted by molar-refractivity contribution is 6.08. The number of rotatable bonds is 4. The standard InChI is InChI=1S/C27H30N6O2/c1-32-13-12-21-23(32)11-10-22-24(21)30-25(31-26(22)33-14-16-35-17-15-33)18-6-8-20(9-7-18)29-27(34)28-19-4-2-3-5-19/h6-13,19H,2-5,14-17H2,1H3,(H2,28,29,34). The van der Waals surface area contributed by atoms with Crippen molar-refractivity contribution in [3.63, 3.8) is 0 Å². The van der Waals surface area contributed by atoms with E-state index in [1.54, 1.807) is 0 Å². The Bertz CT molecular complexity index is 1370. The van der Waals surface area contributed by atoms with Crippen LogP contribution in [0, 0.1) is 0 Å². The largest absolute Gasteiger partial charge is 0.378 e. The number of aryl methyl sites for hydroxylation is 1. The molecule has 0 atom stereocenters. The maximum absolute atomic E-state index is 12.4. The maximum atomic E-state index is 12.4. The van der Waals surface area contributed by atoms with Crippen LogP contribution in [-0.4, -0.2) is 52.9 Å². The predicted molar refractivity (Wildman–Crippen MR) is 139 cm³/mol. The lowest BCUT2D eigenvalue weighted by molar-refractivity contribution is 0.122. The molecule has 0 radical (unpaired) electrons. The van der Waals surface area contributed by atoms with Crippen molar-refractivity contribution < 1.29 is 9.53 Å². The maximum Gasteiger partial charge on any atom is 0.319 e. The molecule has 2 fully saturated rings. The van der Waals surface area contributed by atoms with Crippen LogP contribution >= 0.6 is 0 Å². The van der Waals surface area contributed by atoms with Crippen molar-refractivity contribution in [1.29, 1.82) is 0 Å². The number of urea groups is 1. The van der Waals surface area contributed by atoms with Gasteiger partial charge in [0.25, 0.3) is 0 Å². The van der Waals surface area contributed by atoms with Crippen LogP contribution in [0.2, 0.25) is 0 Å². The number of fused-ring (bicyclic) bond motifs is 3. The Morgan fingerprint density at radius 2 is 1.74 bits per heavy atom. The Hall–Kier alpha value is -3.65. The number of benzene rings is 2. The van der Waals surface area contributed by atoms with E-state index in [2.05, 4.69) is 44.5 Å². The van der Waals surface area contributed by atoms with E-state index in [9.17, 15) is 4.79 Å². The number of carbonyl (C=O) groups is 1. The number of carbonyl (C=O) groups excluding carboxylic acids is 1. The number of nitrogens with one attached hydrogen (secondary N) is 2. The summed E-state index contributed by atoms with van der Waals surface area (Å²) in [5.74, 6) is 1.62. The second kappa shape index (κ2) is 9.19. The first kappa shape index (κ1) is 21.9. The fourth-order valence-corrected chi connectivity index (χ4v) is 5.20. The molecule has 180 valence electrons. The number of aromatic nitrogens is 3. The molecule has 1 aliphatic heterocycles. The highest BCUT2D eigenvalue weighted by Crippen LogP contribution is 2.33. The van der Waals surface area contributed by atoms with Crippen molar-refractivity contribution in [2.24, 2.45) is 7.05 Å². The Balaban J connectivity index is 1.34. The fourth-order valence-electron chi connectivity index (χ4n) is 5.20. The number of hydrogen-bond donors (Lipinski definition) is 2. The zero-order valence-corrected chi connectivity index (χ0v) is 20.0. The molecule has 1 aliphatic carbocycles. The van der Waals surface area contributed by atoms with Gasteiger partial charge in [-0.05, 0) is 55.3 Å². The molecule has 2 amide bonds. The Labute approximate surface area is 204 Å². The van der Waals surface area contributed by atoms with Gasteiger partial charge in [-0.2, -0.15) is 0 Å². The van der Waals surface area contributed by atoms with E-state index in [-0.39, 0.29) is 12.1 Å². The summed E-state index contributed by atoms with van der Waals surface area (Å²) in [5, 5.41) is 8.18. The van der Waals surface area contributed by atoms with E-state index in [4.69, 9.17) is 14.7 Å². The highest BCUT2D eigenvalue weighted by Gasteiger charge is 2.20. The summed E-state index contributed by atoms with van der Waals surface area (Å²) < 4.78 is 7.69. The third kappa shape index (κ3) is 4.30. The molecule has 0 bridgehead atoms. The van der Waals surface area contributed by atoms with E-state index in [1.165, 1.54) is 12.8 Å². The number of anilines is 2. The van der Waals surface area contributed by atoms with Gasteiger partial charge in [-0.3, -0.25) is 0 Å². The molecule has 2 aliphatic rings. The first-order valence-corrected chi connectivity index (χ1v) is 12.4. The highest BCUT2D eigenvalue weighted by atomic mass is 16.5. The SMILES string of the molecule is Cn1ccc2c3nc(-c4ccc(NC(=O)NC5CCCC5)cc4)nc(N4CCOCC4)c3ccc21. The average Bonchev–Trinajstić information content (AvgIpc) is 3.54. The summed E-state index contributed by atoms with van der Waals surface area (Å²) in [4.78, 5) is 24.7. The summed E-state index contributed by atoms with van der Waals surface area (Å²) in [6.07, 6.45) is 6.56. The second-order valence-corrected chi connectivity index (χ2v) is 9.45. The molecule has 2 aromatic carbocycles. The van der Waals surface area contributed by atoms with E-state index in [1.807, 2.05) is 31.3 Å². The van der Waals surface area contributed by atoms with Gasteiger partial charge in [-0.1, -0.05) is 12.8 Å². The topological polar surface area (TPSA) is 84.3 Å². The number of ether oxygens (including phenoxy) is 1. The molecule has 1 saturated heterocycles. The van der Waals surface area contributed by atoms with Gasteiger partial charge in [0.2, 0.25) is 0 Å². The molecule has 2 aromatic heterocycles. The number of amides is 2. The normalized spacial score (nSPS) is 16.8. The van der Waals surface area contributed by atoms with Gasteiger partial charge >= 0.3 is 6.03 Å². The summed E-state index contributed by atoms with van der Waals surface area (Å²) in [6, 6.07) is 14.3. The number of hydrogen-bond acceptors (Lipinski definition) is 5. The van der Waals surface area contributed by atoms with Crippen LogP contribution in [0.25, 0.3) is 33.2 Å². The van der Waals surface area contributed by atoms with Crippen molar-refractivity contribution in [3.8, 4) is 11.4 Å². The van der Waals surface area contributed by atoms with Gasteiger partial charge in [0.15, 0.2) is 5.82 Å². The third-order valence-electron chi connectivity index (χ3n) is 7.11. The Morgan fingerprint density at radius 1 is 0.971 bits per heavy atom. The van der Waals surface area contributed by atoms with Gasteiger partial charge in [0.05, 0.1) is 18.7 Å².